The minimum atomic E-state index is -4.03. The molecule has 0 aliphatic carbocycles. The van der Waals surface area contributed by atoms with Gasteiger partial charge in [0.2, 0.25) is 0 Å². The van der Waals surface area contributed by atoms with Crippen LogP contribution in [0, 0.1) is 6.92 Å². The Hall–Kier alpha value is -5.60. The summed E-state index contributed by atoms with van der Waals surface area (Å²) in [6, 6.07) is 30.7. The van der Waals surface area contributed by atoms with Crippen LogP contribution in [0.4, 0.5) is 17.1 Å². The second-order valence-corrected chi connectivity index (χ2v) is 26.5. The van der Waals surface area contributed by atoms with Gasteiger partial charge in [-0.05, 0) is 159 Å². The number of para-hydroxylation sites is 2. The molecular weight excluding hydrogens is 1070 g/mol. The molecule has 428 valence electrons. The molecule has 3 atom stereocenters. The highest BCUT2D eigenvalue weighted by molar-refractivity contribution is 8.77. The largest absolute Gasteiger partial charge is 0.493 e. The average molecular weight is 1150 g/mol. The normalized spacial score (nSPS) is 16.9. The van der Waals surface area contributed by atoms with Crippen molar-refractivity contribution in [1.82, 2.24) is 0 Å². The second kappa shape index (κ2) is 26.5. The van der Waals surface area contributed by atoms with Crippen molar-refractivity contribution in [2.24, 2.45) is 0 Å². The van der Waals surface area contributed by atoms with E-state index in [-0.39, 0.29) is 55.7 Å². The number of Topliss-reactive ketones (excluding diaryl/α,β-unsaturated/α-hetero) is 1. The Bertz CT molecular complexity index is 3150. The van der Waals surface area contributed by atoms with E-state index in [1.807, 2.05) is 77.4 Å². The van der Waals surface area contributed by atoms with Crippen LogP contribution in [0.5, 0.6) is 17.2 Å². The lowest BCUT2D eigenvalue weighted by Crippen LogP contribution is -2.38. The smallest absolute Gasteiger partial charge is 0.277 e. The third-order valence-electron chi connectivity index (χ3n) is 15.4. The quantitative estimate of drug-likeness (QED) is 0.0264. The molecule has 0 aromatic heterocycles. The van der Waals surface area contributed by atoms with Gasteiger partial charge in [0.25, 0.3) is 21.9 Å². The van der Waals surface area contributed by atoms with Crippen LogP contribution in [0.1, 0.15) is 106 Å². The maximum absolute atomic E-state index is 14.3. The zero-order chi connectivity index (χ0) is 56.6. The van der Waals surface area contributed by atoms with E-state index < -0.39 is 20.1 Å². The SMILES string of the molecule is CCC(=O)C(CCSSC(C)(C)CN(CCOCCOCCOC)c1cc(COc2cc3c(cc2C)C(=O)N2c4ccccc4C[C@H]2CC3)cc(COc2cc3c(cc2OC)C(=O)N2c4ccccc4C[C@H]2CC3)c1)S(=O)(=O)OC. The number of methoxy groups -OCH3 is 2. The number of carbonyl (C=O) groups excluding carboxylic acids is 3. The second-order valence-electron chi connectivity index (χ2n) is 21.5. The summed E-state index contributed by atoms with van der Waals surface area (Å²) < 4.78 is 66.3. The van der Waals surface area contributed by atoms with Crippen LogP contribution in [0.3, 0.4) is 0 Å². The molecule has 4 heterocycles. The van der Waals surface area contributed by atoms with Crippen LogP contribution in [-0.2, 0) is 72.2 Å². The predicted octanol–water partition coefficient (Wildman–Crippen LogP) is 10.6. The Kier molecular flexibility index (Phi) is 19.6. The monoisotopic (exact) mass is 1150 g/mol. The first-order chi connectivity index (χ1) is 38.6. The molecule has 0 N–H and O–H groups in total. The average Bonchev–Trinajstić information content (AvgIpc) is 3.95. The minimum absolute atomic E-state index is 0.0280. The summed E-state index contributed by atoms with van der Waals surface area (Å²) in [4.78, 5) is 47.6. The standard InChI is InChI=1S/C62H75N3O12S3/c1-8-55(66)59(80(69,70)73-7)21-28-78-79-62(3,4)40-63(22-23-74-26-27-75-25-24-71-5)50-31-42(38-76-56-35-44-17-19-48-33-46-13-9-11-15-53(46)64(48)60(67)51(44)29-41(56)2)30-43(32-50)39-77-58-36-45-18-20-49-34-47-14-10-12-16-54(47)65(49)61(68)52(45)37-57(58)72-6/h9-16,29-32,35-37,48-49,59H,8,17-28,33-34,38-40H2,1-7H3/t48-,49-,59?/m1/s1. The van der Waals surface area contributed by atoms with Crippen LogP contribution in [0.25, 0.3) is 0 Å². The molecular formula is C62H75N3O12S3. The molecule has 0 spiro atoms. The Morgan fingerprint density at radius 1 is 0.713 bits per heavy atom. The van der Waals surface area contributed by atoms with Crippen LogP contribution >= 0.6 is 21.6 Å². The fourth-order valence-electron chi connectivity index (χ4n) is 11.4. The third-order valence-corrected chi connectivity index (χ3v) is 20.4. The number of ether oxygens (including phenoxy) is 6. The van der Waals surface area contributed by atoms with Crippen molar-refractivity contribution in [1.29, 1.82) is 0 Å². The lowest BCUT2D eigenvalue weighted by atomic mass is 9.98. The van der Waals surface area contributed by atoms with E-state index in [0.717, 1.165) is 84.1 Å². The van der Waals surface area contributed by atoms with Crippen LogP contribution in [0.15, 0.2) is 91.0 Å². The van der Waals surface area contributed by atoms with E-state index in [1.54, 1.807) is 31.9 Å². The van der Waals surface area contributed by atoms with Gasteiger partial charge in [-0.15, -0.1) is 0 Å². The summed E-state index contributed by atoms with van der Waals surface area (Å²) in [5, 5.41) is -1.22. The summed E-state index contributed by atoms with van der Waals surface area (Å²) in [7, 11) is 3.46. The highest BCUT2D eigenvalue weighted by Crippen LogP contribution is 2.43. The van der Waals surface area contributed by atoms with Gasteiger partial charge in [-0.2, -0.15) is 8.42 Å². The van der Waals surface area contributed by atoms with Crippen molar-refractivity contribution < 1.29 is 55.4 Å². The molecule has 5 aromatic rings. The molecule has 18 heteroatoms. The predicted molar refractivity (Wildman–Crippen MR) is 317 cm³/mol. The molecule has 9 rings (SSSR count). The number of nitrogens with zero attached hydrogens (tertiary/aromatic N) is 3. The van der Waals surface area contributed by atoms with Gasteiger partial charge < -0.3 is 43.1 Å². The van der Waals surface area contributed by atoms with Gasteiger partial charge in [0, 0.05) is 77.4 Å². The van der Waals surface area contributed by atoms with Crippen molar-refractivity contribution in [3.8, 4) is 17.2 Å². The summed E-state index contributed by atoms with van der Waals surface area (Å²) in [6.45, 7) is 11.6. The van der Waals surface area contributed by atoms with Crippen molar-refractivity contribution in [2.45, 2.75) is 114 Å². The van der Waals surface area contributed by atoms with Gasteiger partial charge in [-0.3, -0.25) is 18.6 Å². The summed E-state index contributed by atoms with van der Waals surface area (Å²) in [6.07, 6.45) is 5.04. The van der Waals surface area contributed by atoms with E-state index in [4.69, 9.17) is 32.6 Å². The van der Waals surface area contributed by atoms with Gasteiger partial charge >= 0.3 is 0 Å². The van der Waals surface area contributed by atoms with Crippen LogP contribution in [-0.4, -0.2) is 121 Å². The van der Waals surface area contributed by atoms with Gasteiger partial charge in [0.1, 0.15) is 24.2 Å². The fraction of sp³-hybridized carbons (Fsp3) is 0.468. The van der Waals surface area contributed by atoms with E-state index in [0.29, 0.717) is 86.7 Å². The zero-order valence-electron chi connectivity index (χ0n) is 47.1. The van der Waals surface area contributed by atoms with Crippen molar-refractivity contribution in [3.05, 3.63) is 141 Å². The molecule has 2 amide bonds. The maximum Gasteiger partial charge on any atom is 0.277 e. The van der Waals surface area contributed by atoms with E-state index >= 15 is 0 Å². The first-order valence-electron chi connectivity index (χ1n) is 27.7. The maximum atomic E-state index is 14.3. The summed E-state index contributed by atoms with van der Waals surface area (Å²) in [5.74, 6) is 1.77. The number of hydrogen-bond acceptors (Lipinski definition) is 15. The first kappa shape index (κ1) is 59.0. The Morgan fingerprint density at radius 2 is 1.27 bits per heavy atom. The fourth-order valence-corrected chi connectivity index (χ4v) is 15.3. The number of anilines is 3. The Morgan fingerprint density at radius 3 is 1.86 bits per heavy atom. The minimum Gasteiger partial charge on any atom is -0.493 e. The number of carbonyl (C=O) groups is 3. The van der Waals surface area contributed by atoms with E-state index in [1.165, 1.54) is 21.9 Å². The molecule has 1 unspecified atom stereocenters. The van der Waals surface area contributed by atoms with Gasteiger partial charge in [-0.25, -0.2) is 0 Å². The van der Waals surface area contributed by atoms with E-state index in [2.05, 4.69) is 49.1 Å². The number of aryl methyl sites for hydroxylation is 3. The number of amides is 2. The number of hydrogen-bond donors (Lipinski definition) is 0. The highest BCUT2D eigenvalue weighted by Gasteiger charge is 2.39. The number of ketones is 1. The van der Waals surface area contributed by atoms with Crippen molar-refractivity contribution in [2.75, 3.05) is 87.9 Å². The molecule has 0 radical (unpaired) electrons. The zero-order valence-corrected chi connectivity index (χ0v) is 49.5. The molecule has 15 nitrogen and oxygen atoms in total. The number of rotatable bonds is 28. The van der Waals surface area contributed by atoms with Crippen LogP contribution < -0.4 is 28.9 Å². The van der Waals surface area contributed by atoms with E-state index in [9.17, 15) is 22.8 Å². The molecule has 4 aliphatic rings. The molecule has 80 heavy (non-hydrogen) atoms. The van der Waals surface area contributed by atoms with Gasteiger partial charge in [0.05, 0.1) is 47.3 Å². The molecule has 5 aromatic carbocycles. The Balaban J connectivity index is 0.993. The number of benzene rings is 5. The third kappa shape index (κ3) is 13.7. The van der Waals surface area contributed by atoms with Gasteiger partial charge in [0.15, 0.2) is 17.3 Å². The van der Waals surface area contributed by atoms with Gasteiger partial charge in [-0.1, -0.05) is 64.9 Å². The topological polar surface area (TPSA) is 160 Å². The molecule has 0 saturated carbocycles. The summed E-state index contributed by atoms with van der Waals surface area (Å²) >= 11 is 0. The number of fused-ring (bicyclic) bond motifs is 8. The molecule has 0 fully saturated rings. The summed E-state index contributed by atoms with van der Waals surface area (Å²) in [5.41, 5.74) is 11.1. The van der Waals surface area contributed by atoms with Crippen molar-refractivity contribution >= 4 is 66.4 Å². The lowest BCUT2D eigenvalue weighted by molar-refractivity contribution is -0.118. The molecule has 0 bridgehead atoms. The molecule has 4 aliphatic heterocycles. The van der Waals surface area contributed by atoms with Crippen molar-refractivity contribution in [3.63, 3.8) is 0 Å². The molecule has 0 saturated heterocycles. The highest BCUT2D eigenvalue weighted by atomic mass is 33.1. The Labute approximate surface area is 479 Å². The lowest BCUT2D eigenvalue weighted by Gasteiger charge is -2.34. The first-order valence-corrected chi connectivity index (χ1v) is 31.5. The van der Waals surface area contributed by atoms with Crippen LogP contribution in [0.2, 0.25) is 0 Å².